The van der Waals surface area contributed by atoms with Crippen LogP contribution in [0.15, 0.2) is 18.2 Å². The molecule has 3 heteroatoms. The van der Waals surface area contributed by atoms with Crippen LogP contribution in [0.4, 0.5) is 5.69 Å². The number of amides is 1. The van der Waals surface area contributed by atoms with E-state index in [2.05, 4.69) is 6.92 Å². The van der Waals surface area contributed by atoms with E-state index < -0.39 is 0 Å². The lowest BCUT2D eigenvalue weighted by Gasteiger charge is -2.26. The third kappa shape index (κ3) is 2.35. The highest BCUT2D eigenvalue weighted by Gasteiger charge is 2.21. The molecule has 16 heavy (non-hydrogen) atoms. The van der Waals surface area contributed by atoms with Crippen molar-refractivity contribution in [1.29, 1.82) is 0 Å². The third-order valence-corrected chi connectivity index (χ3v) is 2.52. The van der Waals surface area contributed by atoms with E-state index >= 15 is 0 Å². The van der Waals surface area contributed by atoms with Gasteiger partial charge in [-0.05, 0) is 24.1 Å². The van der Waals surface area contributed by atoms with Crippen molar-refractivity contribution in [2.75, 3.05) is 18.6 Å². The summed E-state index contributed by atoms with van der Waals surface area (Å²) in [5, 5.41) is 0. The van der Waals surface area contributed by atoms with Gasteiger partial charge in [0.1, 0.15) is 5.75 Å². The normalized spacial score (nSPS) is 13.5. The van der Waals surface area contributed by atoms with Crippen molar-refractivity contribution >= 4 is 11.6 Å². The van der Waals surface area contributed by atoms with Gasteiger partial charge >= 0.3 is 0 Å². The topological polar surface area (TPSA) is 29.5 Å². The lowest BCUT2D eigenvalue weighted by molar-refractivity contribution is -0.120. The molecular weight excluding hydrogens is 202 g/mol. The molecule has 0 N–H and O–H groups in total. The van der Waals surface area contributed by atoms with E-state index in [0.29, 0.717) is 0 Å². The first-order valence-electron chi connectivity index (χ1n) is 5.74. The van der Waals surface area contributed by atoms with Crippen LogP contribution in [0.1, 0.15) is 26.3 Å². The highest BCUT2D eigenvalue weighted by molar-refractivity contribution is 5.97. The number of anilines is 1. The number of nitrogens with zero attached hydrogens (tertiary/aromatic N) is 1. The molecule has 1 aliphatic heterocycles. The molecule has 1 heterocycles. The summed E-state index contributed by atoms with van der Waals surface area (Å²) in [5.74, 6) is 0.801. The van der Waals surface area contributed by atoms with Gasteiger partial charge in [-0.1, -0.05) is 26.8 Å². The molecule has 0 atom stereocenters. The predicted octanol–water partition coefficient (Wildman–Crippen LogP) is 2.63. The van der Waals surface area contributed by atoms with Crippen molar-refractivity contribution in [3.63, 3.8) is 0 Å². The fraction of sp³-hybridized carbons (Fsp3) is 0.462. The van der Waals surface area contributed by atoms with Crippen LogP contribution in [0.5, 0.6) is 5.75 Å². The van der Waals surface area contributed by atoms with Gasteiger partial charge in [-0.2, -0.15) is 0 Å². The molecule has 0 bridgehead atoms. The second-order valence-corrected chi connectivity index (χ2v) is 3.40. The number of aryl methyl sites for hydroxylation is 1. The molecule has 0 unspecified atom stereocenters. The van der Waals surface area contributed by atoms with E-state index in [-0.39, 0.29) is 12.5 Å². The highest BCUT2D eigenvalue weighted by Crippen LogP contribution is 2.31. The van der Waals surface area contributed by atoms with Crippen LogP contribution in [-0.2, 0) is 11.2 Å². The van der Waals surface area contributed by atoms with Gasteiger partial charge in [-0.25, -0.2) is 0 Å². The molecule has 0 radical (unpaired) electrons. The van der Waals surface area contributed by atoms with Gasteiger partial charge in [0.25, 0.3) is 5.91 Å². The fourth-order valence-electron chi connectivity index (χ4n) is 1.54. The molecule has 0 saturated heterocycles. The molecule has 1 amide bonds. The molecule has 2 rings (SSSR count). The quantitative estimate of drug-likeness (QED) is 0.729. The van der Waals surface area contributed by atoms with Crippen LogP contribution < -0.4 is 9.64 Å². The van der Waals surface area contributed by atoms with E-state index in [1.165, 1.54) is 5.56 Å². The molecule has 88 valence electrons. The lowest BCUT2D eigenvalue weighted by atomic mass is 10.1. The second kappa shape index (κ2) is 5.54. The van der Waals surface area contributed by atoms with Crippen LogP contribution in [0, 0.1) is 0 Å². The molecule has 0 aliphatic carbocycles. The molecule has 0 spiro atoms. The average Bonchev–Trinajstić information content (AvgIpc) is 2.36. The van der Waals surface area contributed by atoms with Crippen molar-refractivity contribution in [3.05, 3.63) is 23.8 Å². The summed E-state index contributed by atoms with van der Waals surface area (Å²) in [7, 11) is 1.78. The van der Waals surface area contributed by atoms with Crippen LogP contribution >= 0.6 is 0 Å². The molecule has 0 saturated carbocycles. The van der Waals surface area contributed by atoms with E-state index in [4.69, 9.17) is 4.74 Å². The zero-order valence-electron chi connectivity index (χ0n) is 10.4. The monoisotopic (exact) mass is 221 g/mol. The zero-order chi connectivity index (χ0) is 12.1. The Morgan fingerprint density at radius 2 is 2.06 bits per heavy atom. The standard InChI is InChI=1S/C11H13NO2.C2H6/c1-3-8-4-5-10-9(6-8)12(2)11(13)7-14-10;1-2/h4-6H,3,7H2,1-2H3;1-2H3. The number of hydrogen-bond acceptors (Lipinski definition) is 2. The number of carbonyl (C=O) groups excluding carboxylic acids is 1. The minimum atomic E-state index is 0.00533. The SMILES string of the molecule is CC.CCc1ccc2c(c1)N(C)C(=O)CO2. The van der Waals surface area contributed by atoms with Gasteiger partial charge in [0.15, 0.2) is 6.61 Å². The summed E-state index contributed by atoms with van der Waals surface area (Å²) in [5.41, 5.74) is 2.09. The zero-order valence-corrected chi connectivity index (χ0v) is 10.4. The van der Waals surface area contributed by atoms with Crippen LogP contribution in [0.3, 0.4) is 0 Å². The van der Waals surface area contributed by atoms with Crippen molar-refractivity contribution in [2.45, 2.75) is 27.2 Å². The number of benzene rings is 1. The molecule has 1 aliphatic rings. The minimum absolute atomic E-state index is 0.00533. The van der Waals surface area contributed by atoms with Crippen molar-refractivity contribution in [2.24, 2.45) is 0 Å². The third-order valence-electron chi connectivity index (χ3n) is 2.52. The second-order valence-electron chi connectivity index (χ2n) is 3.40. The Kier molecular flexibility index (Phi) is 4.35. The largest absolute Gasteiger partial charge is 0.482 e. The maximum Gasteiger partial charge on any atom is 0.264 e. The smallest absolute Gasteiger partial charge is 0.264 e. The summed E-state index contributed by atoms with van der Waals surface area (Å²) < 4.78 is 5.31. The van der Waals surface area contributed by atoms with Crippen molar-refractivity contribution in [1.82, 2.24) is 0 Å². The molecule has 1 aromatic carbocycles. The summed E-state index contributed by atoms with van der Waals surface area (Å²) in [6, 6.07) is 5.96. The number of rotatable bonds is 1. The molecule has 3 nitrogen and oxygen atoms in total. The van der Waals surface area contributed by atoms with Gasteiger partial charge in [-0.15, -0.1) is 0 Å². The Bertz CT molecular complexity index is 374. The first kappa shape index (κ1) is 12.6. The maximum absolute atomic E-state index is 11.4. The minimum Gasteiger partial charge on any atom is -0.482 e. The first-order valence-corrected chi connectivity index (χ1v) is 5.74. The van der Waals surface area contributed by atoms with E-state index in [1.54, 1.807) is 11.9 Å². The summed E-state index contributed by atoms with van der Waals surface area (Å²) in [4.78, 5) is 13.0. The van der Waals surface area contributed by atoms with Crippen LogP contribution in [0.2, 0.25) is 0 Å². The Labute approximate surface area is 97.0 Å². The van der Waals surface area contributed by atoms with Gasteiger partial charge in [0, 0.05) is 7.05 Å². The van der Waals surface area contributed by atoms with Gasteiger partial charge in [0.2, 0.25) is 0 Å². The van der Waals surface area contributed by atoms with Gasteiger partial charge in [-0.3, -0.25) is 4.79 Å². The van der Waals surface area contributed by atoms with E-state index in [1.807, 2.05) is 32.0 Å². The fourth-order valence-corrected chi connectivity index (χ4v) is 1.54. The van der Waals surface area contributed by atoms with Crippen LogP contribution in [-0.4, -0.2) is 19.6 Å². The molecule has 0 fully saturated rings. The Hall–Kier alpha value is -1.51. The first-order chi connectivity index (χ1) is 7.72. The molecule has 1 aromatic rings. The highest BCUT2D eigenvalue weighted by atomic mass is 16.5. The number of likely N-dealkylation sites (N-methyl/N-ethyl adjacent to an activating group) is 1. The lowest BCUT2D eigenvalue weighted by Crippen LogP contribution is -2.35. The Morgan fingerprint density at radius 3 is 2.69 bits per heavy atom. The van der Waals surface area contributed by atoms with Gasteiger partial charge in [0.05, 0.1) is 5.69 Å². The van der Waals surface area contributed by atoms with E-state index in [0.717, 1.165) is 17.9 Å². The number of ether oxygens (including phenoxy) is 1. The van der Waals surface area contributed by atoms with Gasteiger partial charge < -0.3 is 9.64 Å². The number of hydrogen-bond donors (Lipinski definition) is 0. The maximum atomic E-state index is 11.4. The number of carbonyl (C=O) groups is 1. The molecular formula is C13H19NO2. The summed E-state index contributed by atoms with van der Waals surface area (Å²) in [6.45, 7) is 6.24. The Balaban J connectivity index is 0.000000606. The average molecular weight is 221 g/mol. The van der Waals surface area contributed by atoms with Crippen LogP contribution in [0.25, 0.3) is 0 Å². The van der Waals surface area contributed by atoms with E-state index in [9.17, 15) is 4.79 Å². The predicted molar refractivity (Wildman–Crippen MR) is 66.1 cm³/mol. The molecule has 0 aromatic heterocycles. The summed E-state index contributed by atoms with van der Waals surface area (Å²) >= 11 is 0. The van der Waals surface area contributed by atoms with Crippen molar-refractivity contribution in [3.8, 4) is 5.75 Å². The summed E-state index contributed by atoms with van der Waals surface area (Å²) in [6.07, 6.45) is 0.968. The Morgan fingerprint density at radius 1 is 1.38 bits per heavy atom. The number of fused-ring (bicyclic) bond motifs is 1. The van der Waals surface area contributed by atoms with Crippen molar-refractivity contribution < 1.29 is 9.53 Å².